The highest BCUT2D eigenvalue weighted by Crippen LogP contribution is 2.36. The van der Waals surface area contributed by atoms with Crippen molar-refractivity contribution in [3.8, 4) is 0 Å². The molecule has 0 radical (unpaired) electrons. The van der Waals surface area contributed by atoms with E-state index in [-0.39, 0.29) is 18.4 Å². The molecule has 5 heteroatoms. The Balaban J connectivity index is 1.96. The summed E-state index contributed by atoms with van der Waals surface area (Å²) < 4.78 is 0. The van der Waals surface area contributed by atoms with Gasteiger partial charge in [0, 0.05) is 12.4 Å². The van der Waals surface area contributed by atoms with Gasteiger partial charge in [0.05, 0.1) is 17.0 Å². The summed E-state index contributed by atoms with van der Waals surface area (Å²) in [5.41, 5.74) is 2.13. The van der Waals surface area contributed by atoms with E-state index in [1.165, 1.54) is 16.7 Å². The molecule has 0 fully saturated rings. The number of hydrogen-bond acceptors (Lipinski definition) is 4. The van der Waals surface area contributed by atoms with Crippen molar-refractivity contribution in [1.29, 1.82) is 0 Å². The maximum Gasteiger partial charge on any atom is 0.268 e. The number of rotatable bonds is 5. The molecule has 0 unspecified atom stereocenters. The van der Waals surface area contributed by atoms with E-state index in [1.807, 2.05) is 43.3 Å². The molecule has 1 aromatic carbocycles. The number of carbonyl (C=O) groups is 2. The summed E-state index contributed by atoms with van der Waals surface area (Å²) in [4.78, 5) is 31.4. The molecule has 0 saturated heterocycles. The van der Waals surface area contributed by atoms with Crippen LogP contribution in [0.4, 0.5) is 0 Å². The van der Waals surface area contributed by atoms with Crippen molar-refractivity contribution in [3.63, 3.8) is 0 Å². The number of aromatic nitrogens is 1. The summed E-state index contributed by atoms with van der Waals surface area (Å²) >= 11 is 1.42. The molecule has 2 amide bonds. The summed E-state index contributed by atoms with van der Waals surface area (Å²) in [6, 6.07) is 13.0. The van der Waals surface area contributed by atoms with Gasteiger partial charge in [-0.25, -0.2) is 0 Å². The average molecular weight is 324 g/mol. The Morgan fingerprint density at radius 1 is 1.04 bits per heavy atom. The number of pyridine rings is 1. The second-order valence-corrected chi connectivity index (χ2v) is 6.34. The predicted octanol–water partition coefficient (Wildman–Crippen LogP) is 3.11. The fourth-order valence-electron chi connectivity index (χ4n) is 2.51. The third kappa shape index (κ3) is 3.05. The van der Waals surface area contributed by atoms with Crippen molar-refractivity contribution >= 4 is 29.1 Å². The minimum Gasteiger partial charge on any atom is -0.269 e. The normalized spacial score (nSPS) is 14.7. The smallest absolute Gasteiger partial charge is 0.268 e. The highest BCUT2D eigenvalue weighted by molar-refractivity contribution is 8.04. The molecular weight excluding hydrogens is 308 g/mol. The van der Waals surface area contributed by atoms with Crippen LogP contribution in [0, 0.1) is 0 Å². The number of imide groups is 1. The Hall–Kier alpha value is -2.40. The van der Waals surface area contributed by atoms with Crippen LogP contribution in [0.25, 0.3) is 5.57 Å². The largest absolute Gasteiger partial charge is 0.269 e. The molecule has 23 heavy (non-hydrogen) atoms. The Kier molecular flexibility index (Phi) is 4.57. The van der Waals surface area contributed by atoms with Crippen LogP contribution in [0.3, 0.4) is 0 Å². The van der Waals surface area contributed by atoms with Crippen molar-refractivity contribution in [2.24, 2.45) is 0 Å². The molecular formula is C18H16N2O2S. The van der Waals surface area contributed by atoms with Gasteiger partial charge >= 0.3 is 0 Å². The van der Waals surface area contributed by atoms with Gasteiger partial charge in [0.2, 0.25) is 0 Å². The van der Waals surface area contributed by atoms with Crippen molar-refractivity contribution in [2.75, 3.05) is 5.75 Å². The van der Waals surface area contributed by atoms with Gasteiger partial charge in [-0.15, -0.1) is 11.8 Å². The lowest BCUT2D eigenvalue weighted by Gasteiger charge is -2.14. The second kappa shape index (κ2) is 6.79. The first-order valence-electron chi connectivity index (χ1n) is 7.40. The van der Waals surface area contributed by atoms with E-state index in [0.29, 0.717) is 10.5 Å². The Labute approximate surface area is 139 Å². The van der Waals surface area contributed by atoms with Crippen LogP contribution in [0.15, 0.2) is 59.8 Å². The molecule has 1 aromatic heterocycles. The second-order valence-electron chi connectivity index (χ2n) is 5.06. The monoisotopic (exact) mass is 324 g/mol. The zero-order valence-corrected chi connectivity index (χ0v) is 13.5. The third-order valence-electron chi connectivity index (χ3n) is 3.54. The Morgan fingerprint density at radius 3 is 2.48 bits per heavy atom. The number of amides is 2. The Morgan fingerprint density at radius 2 is 1.83 bits per heavy atom. The van der Waals surface area contributed by atoms with Gasteiger partial charge in [-0.3, -0.25) is 19.5 Å². The fraction of sp³-hybridized carbons (Fsp3) is 0.167. The lowest BCUT2D eigenvalue weighted by molar-refractivity contribution is -0.137. The molecule has 0 bridgehead atoms. The molecule has 116 valence electrons. The molecule has 0 atom stereocenters. The van der Waals surface area contributed by atoms with Gasteiger partial charge in [0.25, 0.3) is 11.8 Å². The third-order valence-corrected chi connectivity index (χ3v) is 4.50. The lowest BCUT2D eigenvalue weighted by atomic mass is 10.1. The van der Waals surface area contributed by atoms with Crippen LogP contribution in [0.5, 0.6) is 0 Å². The van der Waals surface area contributed by atoms with Gasteiger partial charge < -0.3 is 0 Å². The molecule has 4 nitrogen and oxygen atoms in total. The van der Waals surface area contributed by atoms with Crippen molar-refractivity contribution in [2.45, 2.75) is 13.5 Å². The maximum absolute atomic E-state index is 12.8. The number of nitrogens with zero attached hydrogens (tertiary/aromatic N) is 2. The van der Waals surface area contributed by atoms with Gasteiger partial charge in [0.1, 0.15) is 0 Å². The number of thioether (sulfide) groups is 1. The van der Waals surface area contributed by atoms with E-state index in [9.17, 15) is 9.59 Å². The molecule has 2 aromatic rings. The first kappa shape index (κ1) is 15.5. The quantitative estimate of drug-likeness (QED) is 0.793. The lowest BCUT2D eigenvalue weighted by Crippen LogP contribution is -2.31. The SMILES string of the molecule is CCSC1=C(c2ccccc2)C(=O)N(Cc2cccnc2)C1=O. The highest BCUT2D eigenvalue weighted by Gasteiger charge is 2.38. The van der Waals surface area contributed by atoms with Crippen LogP contribution >= 0.6 is 11.8 Å². The van der Waals surface area contributed by atoms with E-state index in [1.54, 1.807) is 18.5 Å². The van der Waals surface area contributed by atoms with E-state index in [0.717, 1.165) is 16.9 Å². The number of carbonyl (C=O) groups excluding carboxylic acids is 2. The van der Waals surface area contributed by atoms with Crippen molar-refractivity contribution in [1.82, 2.24) is 9.88 Å². The van der Waals surface area contributed by atoms with E-state index in [4.69, 9.17) is 0 Å². The molecule has 0 N–H and O–H groups in total. The number of benzene rings is 1. The molecule has 1 aliphatic rings. The minimum atomic E-state index is -0.235. The maximum atomic E-state index is 12.8. The van der Waals surface area contributed by atoms with Crippen LogP contribution in [0.2, 0.25) is 0 Å². The summed E-state index contributed by atoms with van der Waals surface area (Å²) in [6.07, 6.45) is 3.34. The standard InChI is InChI=1S/C18H16N2O2S/c1-2-23-16-15(14-8-4-3-5-9-14)17(21)20(18(16)22)12-13-7-6-10-19-11-13/h3-11H,2,12H2,1H3. The van der Waals surface area contributed by atoms with Crippen LogP contribution in [0.1, 0.15) is 18.1 Å². The molecule has 3 rings (SSSR count). The first-order valence-corrected chi connectivity index (χ1v) is 8.38. The molecule has 0 saturated carbocycles. The van der Waals surface area contributed by atoms with Gasteiger partial charge in [-0.2, -0.15) is 0 Å². The van der Waals surface area contributed by atoms with Crippen molar-refractivity contribution < 1.29 is 9.59 Å². The average Bonchev–Trinajstić information content (AvgIpc) is 2.82. The molecule has 2 heterocycles. The summed E-state index contributed by atoms with van der Waals surface area (Å²) in [5, 5.41) is 0. The van der Waals surface area contributed by atoms with Gasteiger partial charge in [0.15, 0.2) is 0 Å². The highest BCUT2D eigenvalue weighted by atomic mass is 32.2. The minimum absolute atomic E-state index is 0.218. The zero-order chi connectivity index (χ0) is 16.2. The Bertz CT molecular complexity index is 757. The molecule has 0 spiro atoms. The zero-order valence-electron chi connectivity index (χ0n) is 12.7. The number of hydrogen-bond donors (Lipinski definition) is 0. The van der Waals surface area contributed by atoms with Crippen LogP contribution in [-0.4, -0.2) is 27.5 Å². The van der Waals surface area contributed by atoms with Crippen molar-refractivity contribution in [3.05, 3.63) is 70.9 Å². The summed E-state index contributed by atoms with van der Waals surface area (Å²) in [7, 11) is 0. The predicted molar refractivity (Wildman–Crippen MR) is 91.3 cm³/mol. The topological polar surface area (TPSA) is 50.3 Å². The first-order chi connectivity index (χ1) is 11.2. The van der Waals surface area contributed by atoms with E-state index in [2.05, 4.69) is 4.98 Å². The summed E-state index contributed by atoms with van der Waals surface area (Å²) in [6.45, 7) is 2.22. The van der Waals surface area contributed by atoms with E-state index < -0.39 is 0 Å². The fourth-order valence-corrected chi connectivity index (χ4v) is 3.38. The van der Waals surface area contributed by atoms with E-state index >= 15 is 0 Å². The van der Waals surface area contributed by atoms with Crippen LogP contribution in [-0.2, 0) is 16.1 Å². The molecule has 0 aliphatic carbocycles. The van der Waals surface area contributed by atoms with Gasteiger partial charge in [-0.05, 0) is 22.9 Å². The summed E-state index contributed by atoms with van der Waals surface area (Å²) in [5.74, 6) is 0.288. The van der Waals surface area contributed by atoms with Crippen LogP contribution < -0.4 is 0 Å². The van der Waals surface area contributed by atoms with Gasteiger partial charge in [-0.1, -0.05) is 43.3 Å². The molecule has 1 aliphatic heterocycles.